The highest BCUT2D eigenvalue weighted by Crippen LogP contribution is 2.33. The SMILES string of the molecule is CCCC(CCC1CCCc2cccnc21)NC. The summed E-state index contributed by atoms with van der Waals surface area (Å²) in [6.07, 6.45) is 11.0. The third kappa shape index (κ3) is 3.32. The van der Waals surface area contributed by atoms with Crippen molar-refractivity contribution in [1.82, 2.24) is 10.3 Å². The van der Waals surface area contributed by atoms with Crippen molar-refractivity contribution < 1.29 is 0 Å². The molecule has 2 nitrogen and oxygen atoms in total. The lowest BCUT2D eigenvalue weighted by Crippen LogP contribution is -2.26. The minimum atomic E-state index is 0.684. The molecule has 0 aromatic carbocycles. The molecule has 0 spiro atoms. The first-order valence-corrected chi connectivity index (χ1v) is 7.46. The van der Waals surface area contributed by atoms with Crippen LogP contribution in [0, 0.1) is 0 Å². The predicted octanol–water partition coefficient (Wildman–Crippen LogP) is 3.67. The summed E-state index contributed by atoms with van der Waals surface area (Å²) in [5.41, 5.74) is 2.88. The van der Waals surface area contributed by atoms with Gasteiger partial charge in [-0.25, -0.2) is 0 Å². The van der Waals surface area contributed by atoms with Gasteiger partial charge in [0.15, 0.2) is 0 Å². The van der Waals surface area contributed by atoms with Gasteiger partial charge >= 0.3 is 0 Å². The molecule has 1 N–H and O–H groups in total. The van der Waals surface area contributed by atoms with Crippen molar-refractivity contribution in [2.45, 2.75) is 63.8 Å². The van der Waals surface area contributed by atoms with Crippen LogP contribution in [-0.2, 0) is 6.42 Å². The summed E-state index contributed by atoms with van der Waals surface area (Å²) in [6, 6.07) is 5.02. The summed E-state index contributed by atoms with van der Waals surface area (Å²) in [5.74, 6) is 0.697. The fourth-order valence-electron chi connectivity index (χ4n) is 3.17. The van der Waals surface area contributed by atoms with Crippen LogP contribution in [0.3, 0.4) is 0 Å². The third-order valence-electron chi connectivity index (χ3n) is 4.22. The Hall–Kier alpha value is -0.890. The van der Waals surface area contributed by atoms with Gasteiger partial charge < -0.3 is 5.32 Å². The molecular weight excluding hydrogens is 220 g/mol. The number of nitrogens with zero attached hydrogens (tertiary/aromatic N) is 1. The van der Waals surface area contributed by atoms with Crippen LogP contribution in [0.4, 0.5) is 0 Å². The van der Waals surface area contributed by atoms with Crippen molar-refractivity contribution in [3.8, 4) is 0 Å². The first-order chi connectivity index (χ1) is 8.85. The van der Waals surface area contributed by atoms with Gasteiger partial charge in [0.05, 0.1) is 0 Å². The highest BCUT2D eigenvalue weighted by Gasteiger charge is 2.21. The molecule has 0 fully saturated rings. The van der Waals surface area contributed by atoms with Crippen molar-refractivity contribution >= 4 is 0 Å². The first kappa shape index (κ1) is 13.5. The summed E-state index contributed by atoms with van der Waals surface area (Å²) < 4.78 is 0. The normalized spacial score (nSPS) is 20.4. The number of pyridine rings is 1. The lowest BCUT2D eigenvalue weighted by atomic mass is 9.83. The zero-order valence-corrected chi connectivity index (χ0v) is 11.8. The fraction of sp³-hybridized carbons (Fsp3) is 0.688. The largest absolute Gasteiger partial charge is 0.317 e. The second-order valence-electron chi connectivity index (χ2n) is 5.49. The molecule has 2 unspecified atom stereocenters. The molecule has 0 amide bonds. The molecule has 2 atom stereocenters. The Morgan fingerprint density at radius 1 is 1.44 bits per heavy atom. The van der Waals surface area contributed by atoms with E-state index in [0.717, 1.165) is 0 Å². The molecule has 1 aromatic rings. The minimum Gasteiger partial charge on any atom is -0.317 e. The van der Waals surface area contributed by atoms with Crippen LogP contribution in [0.5, 0.6) is 0 Å². The number of aromatic nitrogens is 1. The van der Waals surface area contributed by atoms with E-state index in [0.29, 0.717) is 12.0 Å². The molecule has 0 radical (unpaired) electrons. The van der Waals surface area contributed by atoms with Crippen LogP contribution in [-0.4, -0.2) is 18.1 Å². The quantitative estimate of drug-likeness (QED) is 0.828. The van der Waals surface area contributed by atoms with E-state index in [1.165, 1.54) is 56.2 Å². The van der Waals surface area contributed by atoms with Gasteiger partial charge in [0.2, 0.25) is 0 Å². The monoisotopic (exact) mass is 246 g/mol. The van der Waals surface area contributed by atoms with Crippen molar-refractivity contribution in [3.63, 3.8) is 0 Å². The third-order valence-corrected chi connectivity index (χ3v) is 4.22. The molecular formula is C16H26N2. The molecule has 2 rings (SSSR count). The van der Waals surface area contributed by atoms with E-state index in [1.54, 1.807) is 0 Å². The highest BCUT2D eigenvalue weighted by atomic mass is 14.9. The van der Waals surface area contributed by atoms with Crippen molar-refractivity contribution in [1.29, 1.82) is 0 Å². The topological polar surface area (TPSA) is 24.9 Å². The molecule has 1 aliphatic carbocycles. The van der Waals surface area contributed by atoms with Gasteiger partial charge in [-0.05, 0) is 57.2 Å². The molecule has 0 bridgehead atoms. The Bertz CT molecular complexity index is 362. The Labute approximate surface area is 111 Å². The standard InChI is InChI=1S/C16H26N2/c1-3-6-15(17-2)11-10-14-8-4-7-13-9-5-12-18-16(13)14/h5,9,12,14-15,17H,3-4,6-8,10-11H2,1-2H3. The van der Waals surface area contributed by atoms with Gasteiger partial charge in [-0.15, -0.1) is 0 Å². The number of fused-ring (bicyclic) bond motifs is 1. The summed E-state index contributed by atoms with van der Waals surface area (Å²) in [7, 11) is 2.09. The van der Waals surface area contributed by atoms with Crippen LogP contribution in [0.1, 0.15) is 62.6 Å². The lowest BCUT2D eigenvalue weighted by Gasteiger charge is -2.26. The van der Waals surface area contributed by atoms with Crippen molar-refractivity contribution in [2.75, 3.05) is 7.05 Å². The molecule has 1 heterocycles. The number of hydrogen-bond donors (Lipinski definition) is 1. The summed E-state index contributed by atoms with van der Waals surface area (Å²) in [4.78, 5) is 4.63. The Morgan fingerprint density at radius 2 is 2.33 bits per heavy atom. The van der Waals surface area contributed by atoms with E-state index >= 15 is 0 Å². The molecule has 0 aliphatic heterocycles. The van der Waals surface area contributed by atoms with Gasteiger partial charge in [0, 0.05) is 23.9 Å². The van der Waals surface area contributed by atoms with Crippen LogP contribution >= 0.6 is 0 Å². The van der Waals surface area contributed by atoms with Gasteiger partial charge in [0.1, 0.15) is 0 Å². The van der Waals surface area contributed by atoms with Gasteiger partial charge in [0.25, 0.3) is 0 Å². The van der Waals surface area contributed by atoms with E-state index < -0.39 is 0 Å². The lowest BCUT2D eigenvalue weighted by molar-refractivity contribution is 0.417. The van der Waals surface area contributed by atoms with E-state index in [2.05, 4.69) is 36.4 Å². The Kier molecular flexibility index (Phi) is 5.18. The summed E-state index contributed by atoms with van der Waals surface area (Å²) in [5, 5.41) is 3.45. The van der Waals surface area contributed by atoms with Crippen LogP contribution < -0.4 is 5.32 Å². The average Bonchev–Trinajstić information content (AvgIpc) is 2.43. The van der Waals surface area contributed by atoms with E-state index in [9.17, 15) is 0 Å². The van der Waals surface area contributed by atoms with E-state index in [-0.39, 0.29) is 0 Å². The maximum atomic E-state index is 4.63. The maximum Gasteiger partial charge on any atom is 0.0466 e. The van der Waals surface area contributed by atoms with Crippen LogP contribution in [0.15, 0.2) is 18.3 Å². The van der Waals surface area contributed by atoms with Gasteiger partial charge in [-0.2, -0.15) is 0 Å². The van der Waals surface area contributed by atoms with E-state index in [1.807, 2.05) is 6.20 Å². The minimum absolute atomic E-state index is 0.684. The molecule has 0 saturated heterocycles. The smallest absolute Gasteiger partial charge is 0.0466 e. The number of hydrogen-bond acceptors (Lipinski definition) is 2. The van der Waals surface area contributed by atoms with E-state index in [4.69, 9.17) is 0 Å². The van der Waals surface area contributed by atoms with Crippen molar-refractivity contribution in [2.24, 2.45) is 0 Å². The first-order valence-electron chi connectivity index (χ1n) is 7.46. The highest BCUT2D eigenvalue weighted by molar-refractivity contribution is 5.25. The Balaban J connectivity index is 1.94. The molecule has 1 aromatic heterocycles. The van der Waals surface area contributed by atoms with Crippen LogP contribution in [0.25, 0.3) is 0 Å². The second kappa shape index (κ2) is 6.89. The Morgan fingerprint density at radius 3 is 3.11 bits per heavy atom. The number of rotatable bonds is 6. The molecule has 0 saturated carbocycles. The summed E-state index contributed by atoms with van der Waals surface area (Å²) in [6.45, 7) is 2.27. The molecule has 100 valence electrons. The maximum absolute atomic E-state index is 4.63. The molecule has 18 heavy (non-hydrogen) atoms. The zero-order valence-electron chi connectivity index (χ0n) is 11.8. The van der Waals surface area contributed by atoms with Crippen molar-refractivity contribution in [3.05, 3.63) is 29.6 Å². The number of nitrogens with one attached hydrogen (secondary N) is 1. The number of aryl methyl sites for hydroxylation is 1. The van der Waals surface area contributed by atoms with Gasteiger partial charge in [-0.1, -0.05) is 19.4 Å². The zero-order chi connectivity index (χ0) is 12.8. The second-order valence-corrected chi connectivity index (χ2v) is 5.49. The summed E-state index contributed by atoms with van der Waals surface area (Å²) >= 11 is 0. The fourth-order valence-corrected chi connectivity index (χ4v) is 3.17. The predicted molar refractivity (Wildman–Crippen MR) is 76.9 cm³/mol. The average molecular weight is 246 g/mol. The van der Waals surface area contributed by atoms with Crippen LogP contribution in [0.2, 0.25) is 0 Å². The molecule has 1 aliphatic rings. The molecule has 2 heteroatoms. The van der Waals surface area contributed by atoms with Gasteiger partial charge in [-0.3, -0.25) is 4.98 Å².